The highest BCUT2D eigenvalue weighted by Crippen LogP contribution is 2.28. The largest absolute Gasteiger partial charge is 0.352 e. The highest BCUT2D eigenvalue weighted by molar-refractivity contribution is 5.96. The summed E-state index contributed by atoms with van der Waals surface area (Å²) in [5.74, 6) is 0.657. The van der Waals surface area contributed by atoms with Crippen molar-refractivity contribution in [3.63, 3.8) is 0 Å². The lowest BCUT2D eigenvalue weighted by atomic mass is 9.88. The molecule has 2 N–H and O–H groups in total. The zero-order valence-electron chi connectivity index (χ0n) is 13.5. The molecule has 2 rings (SSSR count). The van der Waals surface area contributed by atoms with Crippen molar-refractivity contribution in [3.05, 3.63) is 34.9 Å². The zero-order chi connectivity index (χ0) is 15.2. The molecule has 2 unspecified atom stereocenters. The highest BCUT2D eigenvalue weighted by atomic mass is 16.1. The number of amides is 1. The van der Waals surface area contributed by atoms with Gasteiger partial charge < -0.3 is 10.6 Å². The van der Waals surface area contributed by atoms with E-state index in [1.165, 1.54) is 24.0 Å². The zero-order valence-corrected chi connectivity index (χ0v) is 13.5. The average molecular weight is 288 g/mol. The summed E-state index contributed by atoms with van der Waals surface area (Å²) in [6, 6.07) is 6.79. The Kier molecular flexibility index (Phi) is 5.80. The molecule has 2 atom stereocenters. The third-order valence-corrected chi connectivity index (χ3v) is 4.38. The molecule has 0 saturated carbocycles. The van der Waals surface area contributed by atoms with Gasteiger partial charge in [0.2, 0.25) is 0 Å². The van der Waals surface area contributed by atoms with Gasteiger partial charge in [0.15, 0.2) is 0 Å². The molecule has 0 aromatic heterocycles. The number of nitrogens with one attached hydrogen (secondary N) is 2. The fourth-order valence-electron chi connectivity index (χ4n) is 3.28. The predicted octanol–water partition coefficient (Wildman–Crippen LogP) is 3.45. The normalized spacial score (nSPS) is 17.6. The lowest BCUT2D eigenvalue weighted by Crippen LogP contribution is -2.28. The first-order valence-electron chi connectivity index (χ1n) is 8.31. The lowest BCUT2D eigenvalue weighted by molar-refractivity contribution is 0.0956. The van der Waals surface area contributed by atoms with Crippen molar-refractivity contribution in [3.8, 4) is 0 Å². The van der Waals surface area contributed by atoms with Gasteiger partial charge in [0, 0.05) is 18.2 Å². The maximum atomic E-state index is 12.2. The number of benzene rings is 1. The van der Waals surface area contributed by atoms with Crippen LogP contribution in [0.25, 0.3) is 0 Å². The minimum Gasteiger partial charge on any atom is -0.352 e. The van der Waals surface area contributed by atoms with Crippen molar-refractivity contribution < 1.29 is 4.79 Å². The van der Waals surface area contributed by atoms with Crippen molar-refractivity contribution in [1.82, 2.24) is 10.6 Å². The second-order valence-corrected chi connectivity index (χ2v) is 6.08. The summed E-state index contributed by atoms with van der Waals surface area (Å²) in [7, 11) is 0. The van der Waals surface area contributed by atoms with E-state index in [1.807, 2.05) is 0 Å². The Labute approximate surface area is 128 Å². The number of fused-ring (bicyclic) bond motifs is 1. The molecule has 0 aliphatic carbocycles. The molecule has 1 heterocycles. The van der Waals surface area contributed by atoms with Gasteiger partial charge in [-0.3, -0.25) is 4.79 Å². The van der Waals surface area contributed by atoms with E-state index in [4.69, 9.17) is 0 Å². The van der Waals surface area contributed by atoms with Gasteiger partial charge in [-0.15, -0.1) is 0 Å². The van der Waals surface area contributed by atoms with Crippen LogP contribution in [0.4, 0.5) is 0 Å². The molecule has 3 nitrogen and oxygen atoms in total. The van der Waals surface area contributed by atoms with Gasteiger partial charge >= 0.3 is 0 Å². The van der Waals surface area contributed by atoms with Crippen LogP contribution >= 0.6 is 0 Å². The van der Waals surface area contributed by atoms with Crippen LogP contribution in [-0.4, -0.2) is 19.0 Å². The summed E-state index contributed by atoms with van der Waals surface area (Å²) < 4.78 is 0. The van der Waals surface area contributed by atoms with Gasteiger partial charge in [-0.05, 0) is 48.9 Å². The average Bonchev–Trinajstić information content (AvgIpc) is 2.67. The van der Waals surface area contributed by atoms with Crippen molar-refractivity contribution in [1.29, 1.82) is 0 Å². The number of carbonyl (C=O) groups is 1. The molecule has 1 aliphatic heterocycles. The maximum Gasteiger partial charge on any atom is 0.251 e. The van der Waals surface area contributed by atoms with Crippen LogP contribution in [0.1, 0.15) is 67.6 Å². The first-order valence-corrected chi connectivity index (χ1v) is 8.31. The standard InChI is InChI=1S/C18H28N2O/c1-4-7-13(3)17(19-5-2)15-10-9-14-8-6-11-20-18(21)16(14)12-15/h9-10,12-13,17,19H,4-8,11H2,1-3H3,(H,20,21). The van der Waals surface area contributed by atoms with E-state index in [0.717, 1.165) is 31.5 Å². The Morgan fingerprint density at radius 2 is 2.14 bits per heavy atom. The van der Waals surface area contributed by atoms with E-state index >= 15 is 0 Å². The second kappa shape index (κ2) is 7.60. The van der Waals surface area contributed by atoms with Gasteiger partial charge in [0.25, 0.3) is 5.91 Å². The topological polar surface area (TPSA) is 41.1 Å². The Hall–Kier alpha value is -1.35. The minimum atomic E-state index is 0.0859. The van der Waals surface area contributed by atoms with Gasteiger partial charge in [0.05, 0.1) is 0 Å². The predicted molar refractivity (Wildman–Crippen MR) is 87.6 cm³/mol. The van der Waals surface area contributed by atoms with Crippen molar-refractivity contribution >= 4 is 5.91 Å². The van der Waals surface area contributed by atoms with E-state index in [9.17, 15) is 4.79 Å². The van der Waals surface area contributed by atoms with Crippen LogP contribution in [0.3, 0.4) is 0 Å². The molecule has 3 heteroatoms. The number of carbonyl (C=O) groups excluding carboxylic acids is 1. The van der Waals surface area contributed by atoms with E-state index in [2.05, 4.69) is 49.6 Å². The molecule has 1 aromatic rings. The maximum absolute atomic E-state index is 12.2. The number of hydrogen-bond acceptors (Lipinski definition) is 2. The molecule has 1 aromatic carbocycles. The van der Waals surface area contributed by atoms with E-state index < -0.39 is 0 Å². The van der Waals surface area contributed by atoms with Crippen LogP contribution < -0.4 is 10.6 Å². The summed E-state index contributed by atoms with van der Waals surface area (Å²) in [6.07, 6.45) is 4.40. The quantitative estimate of drug-likeness (QED) is 0.842. The van der Waals surface area contributed by atoms with Crippen LogP contribution in [0, 0.1) is 5.92 Å². The van der Waals surface area contributed by atoms with Gasteiger partial charge in [-0.25, -0.2) is 0 Å². The Balaban J connectivity index is 2.31. The van der Waals surface area contributed by atoms with Crippen LogP contribution in [-0.2, 0) is 6.42 Å². The number of aryl methyl sites for hydroxylation is 1. The third kappa shape index (κ3) is 3.85. The fraction of sp³-hybridized carbons (Fsp3) is 0.611. The molecule has 116 valence electrons. The molecule has 1 aliphatic rings. The van der Waals surface area contributed by atoms with Crippen LogP contribution in [0.5, 0.6) is 0 Å². The summed E-state index contributed by atoms with van der Waals surface area (Å²) in [5.41, 5.74) is 3.30. The first kappa shape index (κ1) is 16.0. The fourth-order valence-corrected chi connectivity index (χ4v) is 3.28. The van der Waals surface area contributed by atoms with E-state index in [-0.39, 0.29) is 5.91 Å². The third-order valence-electron chi connectivity index (χ3n) is 4.38. The Bertz CT molecular complexity index is 484. The SMILES string of the molecule is CCCC(C)C(NCC)c1ccc2c(c1)C(=O)NCCC2. The molecular formula is C18H28N2O. The Morgan fingerprint density at radius 3 is 2.86 bits per heavy atom. The summed E-state index contributed by atoms with van der Waals surface area (Å²) in [6.45, 7) is 8.39. The molecule has 0 bridgehead atoms. The van der Waals surface area contributed by atoms with Crippen LogP contribution in [0.2, 0.25) is 0 Å². The first-order chi connectivity index (χ1) is 10.2. The summed E-state index contributed by atoms with van der Waals surface area (Å²) in [4.78, 5) is 12.2. The highest BCUT2D eigenvalue weighted by Gasteiger charge is 2.21. The molecular weight excluding hydrogens is 260 g/mol. The Morgan fingerprint density at radius 1 is 1.33 bits per heavy atom. The van der Waals surface area contributed by atoms with Crippen molar-refractivity contribution in [2.24, 2.45) is 5.92 Å². The summed E-state index contributed by atoms with van der Waals surface area (Å²) in [5, 5.41) is 6.58. The molecule has 0 fully saturated rings. The molecule has 0 radical (unpaired) electrons. The summed E-state index contributed by atoms with van der Waals surface area (Å²) >= 11 is 0. The van der Waals surface area contributed by atoms with Crippen molar-refractivity contribution in [2.75, 3.05) is 13.1 Å². The van der Waals surface area contributed by atoms with Gasteiger partial charge in [0.1, 0.15) is 0 Å². The van der Waals surface area contributed by atoms with Crippen LogP contribution in [0.15, 0.2) is 18.2 Å². The monoisotopic (exact) mass is 288 g/mol. The van der Waals surface area contributed by atoms with Gasteiger partial charge in [-0.2, -0.15) is 0 Å². The van der Waals surface area contributed by atoms with E-state index in [0.29, 0.717) is 12.0 Å². The van der Waals surface area contributed by atoms with Crippen molar-refractivity contribution in [2.45, 2.75) is 52.5 Å². The molecule has 0 spiro atoms. The molecule has 1 amide bonds. The lowest BCUT2D eigenvalue weighted by Gasteiger charge is -2.26. The number of rotatable bonds is 6. The second-order valence-electron chi connectivity index (χ2n) is 6.08. The minimum absolute atomic E-state index is 0.0859. The van der Waals surface area contributed by atoms with E-state index in [1.54, 1.807) is 0 Å². The number of hydrogen-bond donors (Lipinski definition) is 2. The molecule has 0 saturated heterocycles. The van der Waals surface area contributed by atoms with Gasteiger partial charge in [-0.1, -0.05) is 39.3 Å². The smallest absolute Gasteiger partial charge is 0.251 e. The molecule has 21 heavy (non-hydrogen) atoms.